The number of carbonyl (C=O) groups excluding carboxylic acids is 1. The molecule has 1 saturated carbocycles. The average Bonchev–Trinajstić information content (AvgIpc) is 2.67. The number of rotatable bonds is 7. The van der Waals surface area contributed by atoms with Crippen LogP contribution in [0, 0.1) is 5.41 Å². The molecule has 0 aromatic rings. The summed E-state index contributed by atoms with van der Waals surface area (Å²) in [4.78, 5) is 12.3. The Kier molecular flexibility index (Phi) is 6.13. The molecule has 1 amide bonds. The Balaban J connectivity index is 2.30. The highest BCUT2D eigenvalue weighted by atomic mass is 16.2. The van der Waals surface area contributed by atoms with Gasteiger partial charge in [0.25, 0.3) is 0 Å². The summed E-state index contributed by atoms with van der Waals surface area (Å²) in [5.41, 5.74) is 5.73. The second-order valence-electron chi connectivity index (χ2n) is 6.14. The van der Waals surface area contributed by atoms with Crippen molar-refractivity contribution in [2.45, 2.75) is 84.2 Å². The maximum absolute atomic E-state index is 12.3. The van der Waals surface area contributed by atoms with Gasteiger partial charge in [0.2, 0.25) is 5.91 Å². The molecule has 0 aliphatic heterocycles. The highest BCUT2D eigenvalue weighted by Crippen LogP contribution is 2.36. The lowest BCUT2D eigenvalue weighted by molar-refractivity contribution is -0.131. The summed E-state index contributed by atoms with van der Waals surface area (Å²) in [7, 11) is 0. The topological polar surface area (TPSA) is 55.1 Å². The average molecular weight is 254 g/mol. The first-order valence-electron chi connectivity index (χ1n) is 7.57. The molecule has 3 nitrogen and oxygen atoms in total. The maximum atomic E-state index is 12.3. The minimum Gasteiger partial charge on any atom is -0.353 e. The maximum Gasteiger partial charge on any atom is 0.227 e. The van der Waals surface area contributed by atoms with Crippen molar-refractivity contribution in [2.24, 2.45) is 11.1 Å². The van der Waals surface area contributed by atoms with Gasteiger partial charge in [0.05, 0.1) is 5.41 Å². The zero-order valence-corrected chi connectivity index (χ0v) is 12.3. The van der Waals surface area contributed by atoms with Gasteiger partial charge in [-0.2, -0.15) is 0 Å². The summed E-state index contributed by atoms with van der Waals surface area (Å²) in [5.74, 6) is 0.162. The predicted octanol–water partition coefficient (Wildman–Crippen LogP) is 2.98. The molecule has 0 spiro atoms. The summed E-state index contributed by atoms with van der Waals surface area (Å²) in [6, 6.07) is 0.309. The van der Waals surface area contributed by atoms with Crippen LogP contribution in [0.15, 0.2) is 0 Å². The van der Waals surface area contributed by atoms with Gasteiger partial charge in [-0.25, -0.2) is 0 Å². The van der Waals surface area contributed by atoms with E-state index in [0.717, 1.165) is 25.7 Å². The molecule has 3 N–H and O–H groups in total. The van der Waals surface area contributed by atoms with Crippen molar-refractivity contribution in [3.05, 3.63) is 0 Å². The Bertz CT molecular complexity index is 267. The van der Waals surface area contributed by atoms with Crippen molar-refractivity contribution in [2.75, 3.05) is 0 Å². The van der Waals surface area contributed by atoms with Gasteiger partial charge >= 0.3 is 0 Å². The summed E-state index contributed by atoms with van der Waals surface area (Å²) in [6.45, 7) is 6.34. The third-order valence-electron chi connectivity index (χ3n) is 4.42. The van der Waals surface area contributed by atoms with E-state index in [1.165, 1.54) is 25.7 Å². The smallest absolute Gasteiger partial charge is 0.227 e. The third-order valence-corrected chi connectivity index (χ3v) is 4.42. The fraction of sp³-hybridized carbons (Fsp3) is 0.933. The lowest BCUT2D eigenvalue weighted by Gasteiger charge is -2.29. The molecule has 0 aromatic carbocycles. The van der Waals surface area contributed by atoms with Gasteiger partial charge in [0.15, 0.2) is 0 Å². The van der Waals surface area contributed by atoms with Gasteiger partial charge in [-0.05, 0) is 33.1 Å². The Morgan fingerprint density at radius 1 is 1.44 bits per heavy atom. The van der Waals surface area contributed by atoms with Crippen LogP contribution >= 0.6 is 0 Å². The quantitative estimate of drug-likeness (QED) is 0.686. The normalized spacial score (nSPS) is 29.2. The van der Waals surface area contributed by atoms with Crippen molar-refractivity contribution in [3.63, 3.8) is 0 Å². The zero-order chi connectivity index (χ0) is 13.6. The molecule has 3 atom stereocenters. The molecule has 0 heterocycles. The lowest BCUT2D eigenvalue weighted by Crippen LogP contribution is -2.49. The van der Waals surface area contributed by atoms with Crippen LogP contribution < -0.4 is 11.1 Å². The van der Waals surface area contributed by atoms with Gasteiger partial charge in [-0.15, -0.1) is 0 Å². The molecule has 1 aliphatic rings. The lowest BCUT2D eigenvalue weighted by atomic mass is 9.84. The summed E-state index contributed by atoms with van der Waals surface area (Å²) < 4.78 is 0. The molecule has 3 heteroatoms. The van der Waals surface area contributed by atoms with Crippen LogP contribution in [0.4, 0.5) is 0 Å². The first-order valence-corrected chi connectivity index (χ1v) is 7.57. The SMILES string of the molecule is CCCCCCC(C)NC(=O)C1(C)CCCC1N. The Hall–Kier alpha value is -0.570. The third kappa shape index (κ3) is 3.98. The Labute approximate surface area is 112 Å². The highest BCUT2D eigenvalue weighted by Gasteiger charge is 2.43. The molecule has 0 saturated heterocycles. The minimum atomic E-state index is -0.336. The first kappa shape index (κ1) is 15.5. The monoisotopic (exact) mass is 254 g/mol. The van der Waals surface area contributed by atoms with Crippen LogP contribution in [0.25, 0.3) is 0 Å². The van der Waals surface area contributed by atoms with E-state index in [4.69, 9.17) is 5.73 Å². The molecule has 1 fully saturated rings. The fourth-order valence-corrected chi connectivity index (χ4v) is 2.81. The predicted molar refractivity (Wildman–Crippen MR) is 76.3 cm³/mol. The van der Waals surface area contributed by atoms with Crippen molar-refractivity contribution in [3.8, 4) is 0 Å². The fourth-order valence-electron chi connectivity index (χ4n) is 2.81. The Morgan fingerprint density at radius 2 is 2.17 bits per heavy atom. The largest absolute Gasteiger partial charge is 0.353 e. The summed E-state index contributed by atoms with van der Waals surface area (Å²) in [6.07, 6.45) is 9.10. The van der Waals surface area contributed by atoms with E-state index in [1.807, 2.05) is 6.92 Å². The van der Waals surface area contributed by atoms with Crippen LogP contribution in [0.2, 0.25) is 0 Å². The molecule has 0 aromatic heterocycles. The van der Waals surface area contributed by atoms with Crippen LogP contribution in [0.3, 0.4) is 0 Å². The molecular formula is C15H30N2O. The van der Waals surface area contributed by atoms with E-state index in [2.05, 4.69) is 19.2 Å². The molecule has 1 aliphatic carbocycles. The van der Waals surface area contributed by atoms with Crippen molar-refractivity contribution < 1.29 is 4.79 Å². The highest BCUT2D eigenvalue weighted by molar-refractivity contribution is 5.83. The van der Waals surface area contributed by atoms with E-state index in [-0.39, 0.29) is 23.4 Å². The standard InChI is InChI=1S/C15H30N2O/c1-4-5-6-7-9-12(2)17-14(18)15(3)11-8-10-13(15)16/h12-13H,4-11,16H2,1-3H3,(H,17,18). The molecule has 1 rings (SSSR count). The van der Waals surface area contributed by atoms with Gasteiger partial charge in [0.1, 0.15) is 0 Å². The van der Waals surface area contributed by atoms with E-state index < -0.39 is 0 Å². The Morgan fingerprint density at radius 3 is 2.72 bits per heavy atom. The minimum absolute atomic E-state index is 0.0322. The van der Waals surface area contributed by atoms with Gasteiger partial charge < -0.3 is 11.1 Å². The molecule has 0 radical (unpaired) electrons. The van der Waals surface area contributed by atoms with Crippen LogP contribution in [0.1, 0.15) is 72.1 Å². The van der Waals surface area contributed by atoms with Crippen LogP contribution in [-0.4, -0.2) is 18.0 Å². The van der Waals surface area contributed by atoms with Gasteiger partial charge in [-0.3, -0.25) is 4.79 Å². The van der Waals surface area contributed by atoms with E-state index in [0.29, 0.717) is 0 Å². The first-order chi connectivity index (χ1) is 8.50. The van der Waals surface area contributed by atoms with E-state index in [9.17, 15) is 4.79 Å². The van der Waals surface area contributed by atoms with Crippen LogP contribution in [0.5, 0.6) is 0 Å². The molecule has 18 heavy (non-hydrogen) atoms. The van der Waals surface area contributed by atoms with E-state index in [1.54, 1.807) is 0 Å². The van der Waals surface area contributed by atoms with E-state index >= 15 is 0 Å². The number of hydrogen-bond donors (Lipinski definition) is 2. The number of nitrogens with two attached hydrogens (primary N) is 1. The number of unbranched alkanes of at least 4 members (excludes halogenated alkanes) is 3. The van der Waals surface area contributed by atoms with Crippen molar-refractivity contribution >= 4 is 5.91 Å². The van der Waals surface area contributed by atoms with Crippen molar-refractivity contribution in [1.29, 1.82) is 0 Å². The zero-order valence-electron chi connectivity index (χ0n) is 12.3. The van der Waals surface area contributed by atoms with Gasteiger partial charge in [-0.1, -0.05) is 39.0 Å². The van der Waals surface area contributed by atoms with Crippen LogP contribution in [-0.2, 0) is 4.79 Å². The van der Waals surface area contributed by atoms with Crippen molar-refractivity contribution in [1.82, 2.24) is 5.32 Å². The molecule has 3 unspecified atom stereocenters. The number of hydrogen-bond acceptors (Lipinski definition) is 2. The summed E-state index contributed by atoms with van der Waals surface area (Å²) in [5, 5.41) is 3.15. The number of amides is 1. The van der Waals surface area contributed by atoms with Gasteiger partial charge in [0, 0.05) is 12.1 Å². The molecule has 106 valence electrons. The number of carbonyl (C=O) groups is 1. The molecule has 0 bridgehead atoms. The molecular weight excluding hydrogens is 224 g/mol. The second kappa shape index (κ2) is 7.13. The second-order valence-corrected chi connectivity index (χ2v) is 6.14. The summed E-state index contributed by atoms with van der Waals surface area (Å²) >= 11 is 0. The number of nitrogens with one attached hydrogen (secondary N) is 1.